The number of benzene rings is 1. The number of carbonyl (C=O) groups is 1. The summed E-state index contributed by atoms with van der Waals surface area (Å²) in [7, 11) is 0. The molecular formula is C13H18BrNO2. The number of carboxylic acid groups (broad SMARTS) is 1. The molecule has 2 N–H and O–H groups in total. The number of aliphatic carboxylic acids is 1. The Morgan fingerprint density at radius 3 is 2.47 bits per heavy atom. The molecule has 0 saturated carbocycles. The maximum atomic E-state index is 11.0. The highest BCUT2D eigenvalue weighted by molar-refractivity contribution is 9.10. The van der Waals surface area contributed by atoms with Gasteiger partial charge in [0.1, 0.15) is 6.04 Å². The van der Waals surface area contributed by atoms with E-state index in [4.69, 9.17) is 5.11 Å². The normalized spacial score (nSPS) is 14.3. The van der Waals surface area contributed by atoms with E-state index in [-0.39, 0.29) is 6.04 Å². The molecular weight excluding hydrogens is 282 g/mol. The molecule has 0 aliphatic heterocycles. The molecule has 17 heavy (non-hydrogen) atoms. The van der Waals surface area contributed by atoms with Gasteiger partial charge in [0.2, 0.25) is 0 Å². The van der Waals surface area contributed by atoms with Gasteiger partial charge in [-0.3, -0.25) is 10.1 Å². The molecule has 0 spiro atoms. The van der Waals surface area contributed by atoms with Crippen molar-refractivity contribution in [3.63, 3.8) is 0 Å². The van der Waals surface area contributed by atoms with Gasteiger partial charge in [-0.05, 0) is 31.0 Å². The maximum absolute atomic E-state index is 11.0. The zero-order valence-electron chi connectivity index (χ0n) is 10.1. The predicted molar refractivity (Wildman–Crippen MR) is 72.0 cm³/mol. The topological polar surface area (TPSA) is 49.3 Å². The molecule has 0 heterocycles. The maximum Gasteiger partial charge on any atom is 0.320 e. The Bertz CT molecular complexity index is 364. The van der Waals surface area contributed by atoms with Crippen LogP contribution in [0.15, 0.2) is 28.7 Å². The number of carboxylic acids is 1. The van der Waals surface area contributed by atoms with Gasteiger partial charge in [0.15, 0.2) is 0 Å². The minimum atomic E-state index is -0.782. The average molecular weight is 300 g/mol. The van der Waals surface area contributed by atoms with Crippen LogP contribution in [-0.2, 0) is 4.79 Å². The molecule has 4 heteroatoms. The fourth-order valence-electron chi connectivity index (χ4n) is 1.72. The molecule has 1 aromatic rings. The average Bonchev–Trinajstić information content (AvgIpc) is 2.29. The molecule has 0 saturated heterocycles. The second kappa shape index (κ2) is 6.77. The van der Waals surface area contributed by atoms with Crippen molar-refractivity contribution in [1.29, 1.82) is 0 Å². The van der Waals surface area contributed by atoms with Crippen LogP contribution in [0.5, 0.6) is 0 Å². The first kappa shape index (κ1) is 14.2. The van der Waals surface area contributed by atoms with Gasteiger partial charge in [-0.2, -0.15) is 0 Å². The van der Waals surface area contributed by atoms with Crippen molar-refractivity contribution in [3.8, 4) is 0 Å². The standard InChI is InChI=1S/C13H18BrNO2/c1-3-4-12(13(16)17)15-9(2)10-5-7-11(14)8-6-10/h5-9,12,15H,3-4H2,1-2H3,(H,16,17). The van der Waals surface area contributed by atoms with Crippen LogP contribution < -0.4 is 5.32 Å². The molecule has 0 fully saturated rings. The number of hydrogen-bond acceptors (Lipinski definition) is 2. The molecule has 2 atom stereocenters. The van der Waals surface area contributed by atoms with E-state index in [2.05, 4.69) is 21.2 Å². The molecule has 1 rings (SSSR count). The van der Waals surface area contributed by atoms with Crippen molar-refractivity contribution in [2.24, 2.45) is 0 Å². The highest BCUT2D eigenvalue weighted by Gasteiger charge is 2.18. The first-order valence-electron chi connectivity index (χ1n) is 5.79. The summed E-state index contributed by atoms with van der Waals surface area (Å²) in [6.45, 7) is 3.97. The lowest BCUT2D eigenvalue weighted by molar-refractivity contribution is -0.139. The van der Waals surface area contributed by atoms with Crippen molar-refractivity contribution in [3.05, 3.63) is 34.3 Å². The predicted octanol–water partition coefficient (Wildman–Crippen LogP) is 3.35. The van der Waals surface area contributed by atoms with Gasteiger partial charge in [0.05, 0.1) is 0 Å². The second-order valence-electron chi connectivity index (χ2n) is 4.12. The first-order valence-corrected chi connectivity index (χ1v) is 6.58. The van der Waals surface area contributed by atoms with Crippen LogP contribution in [0.3, 0.4) is 0 Å². The third-order valence-electron chi connectivity index (χ3n) is 2.70. The van der Waals surface area contributed by atoms with E-state index >= 15 is 0 Å². The summed E-state index contributed by atoms with van der Waals surface area (Å²) in [5, 5.41) is 12.2. The van der Waals surface area contributed by atoms with E-state index < -0.39 is 12.0 Å². The van der Waals surface area contributed by atoms with Gasteiger partial charge in [-0.1, -0.05) is 41.4 Å². The van der Waals surface area contributed by atoms with Crippen LogP contribution >= 0.6 is 15.9 Å². The highest BCUT2D eigenvalue weighted by Crippen LogP contribution is 2.17. The highest BCUT2D eigenvalue weighted by atomic mass is 79.9. The van der Waals surface area contributed by atoms with Crippen molar-refractivity contribution in [2.45, 2.75) is 38.8 Å². The first-order chi connectivity index (χ1) is 8.04. The summed E-state index contributed by atoms with van der Waals surface area (Å²) >= 11 is 3.38. The van der Waals surface area contributed by atoms with E-state index in [1.54, 1.807) is 0 Å². The van der Waals surface area contributed by atoms with Crippen LogP contribution in [0.2, 0.25) is 0 Å². The number of halogens is 1. The van der Waals surface area contributed by atoms with E-state index in [9.17, 15) is 4.79 Å². The molecule has 0 aliphatic carbocycles. The minimum absolute atomic E-state index is 0.0377. The Kier molecular flexibility index (Phi) is 5.65. The summed E-state index contributed by atoms with van der Waals surface area (Å²) in [5.41, 5.74) is 1.09. The van der Waals surface area contributed by atoms with Crippen LogP contribution in [0.25, 0.3) is 0 Å². The Morgan fingerprint density at radius 1 is 1.41 bits per heavy atom. The van der Waals surface area contributed by atoms with Gasteiger partial charge in [0.25, 0.3) is 0 Å². The smallest absolute Gasteiger partial charge is 0.320 e. The monoisotopic (exact) mass is 299 g/mol. The van der Waals surface area contributed by atoms with E-state index in [0.29, 0.717) is 6.42 Å². The molecule has 0 aliphatic rings. The van der Waals surface area contributed by atoms with Crippen molar-refractivity contribution >= 4 is 21.9 Å². The van der Waals surface area contributed by atoms with E-state index in [1.807, 2.05) is 38.1 Å². The van der Waals surface area contributed by atoms with Crippen LogP contribution in [0.4, 0.5) is 0 Å². The van der Waals surface area contributed by atoms with Crippen molar-refractivity contribution < 1.29 is 9.90 Å². The third kappa shape index (κ3) is 4.48. The zero-order valence-corrected chi connectivity index (χ0v) is 11.7. The third-order valence-corrected chi connectivity index (χ3v) is 3.23. The van der Waals surface area contributed by atoms with Crippen molar-refractivity contribution in [1.82, 2.24) is 5.32 Å². The van der Waals surface area contributed by atoms with Gasteiger partial charge in [0, 0.05) is 10.5 Å². The van der Waals surface area contributed by atoms with Gasteiger partial charge in [-0.25, -0.2) is 0 Å². The van der Waals surface area contributed by atoms with Gasteiger partial charge >= 0.3 is 5.97 Å². The Balaban J connectivity index is 2.66. The largest absolute Gasteiger partial charge is 0.480 e. The van der Waals surface area contributed by atoms with Crippen molar-refractivity contribution in [2.75, 3.05) is 0 Å². The summed E-state index contributed by atoms with van der Waals surface area (Å²) in [6.07, 6.45) is 1.51. The molecule has 0 radical (unpaired) electrons. The quantitative estimate of drug-likeness (QED) is 0.847. The lowest BCUT2D eigenvalue weighted by Crippen LogP contribution is -2.38. The minimum Gasteiger partial charge on any atom is -0.480 e. The van der Waals surface area contributed by atoms with Crippen LogP contribution in [-0.4, -0.2) is 17.1 Å². The molecule has 1 aromatic carbocycles. The van der Waals surface area contributed by atoms with E-state index in [0.717, 1.165) is 16.5 Å². The molecule has 0 bridgehead atoms. The lowest BCUT2D eigenvalue weighted by atomic mass is 10.1. The zero-order chi connectivity index (χ0) is 12.8. The Morgan fingerprint density at radius 2 is 2.00 bits per heavy atom. The van der Waals surface area contributed by atoms with Crippen LogP contribution in [0.1, 0.15) is 38.3 Å². The molecule has 3 nitrogen and oxygen atoms in total. The van der Waals surface area contributed by atoms with Crippen LogP contribution in [0, 0.1) is 0 Å². The fraction of sp³-hybridized carbons (Fsp3) is 0.462. The molecule has 2 unspecified atom stereocenters. The Hall–Kier alpha value is -0.870. The molecule has 0 aromatic heterocycles. The Labute approximate surface area is 110 Å². The summed E-state index contributed by atoms with van der Waals surface area (Å²) < 4.78 is 1.02. The SMILES string of the molecule is CCCC(NC(C)c1ccc(Br)cc1)C(=O)O. The number of rotatable bonds is 6. The number of hydrogen-bond donors (Lipinski definition) is 2. The summed E-state index contributed by atoms with van der Waals surface area (Å²) in [6, 6.07) is 7.47. The fourth-order valence-corrected chi connectivity index (χ4v) is 1.98. The second-order valence-corrected chi connectivity index (χ2v) is 5.04. The lowest BCUT2D eigenvalue weighted by Gasteiger charge is -2.20. The summed E-state index contributed by atoms with van der Waals surface area (Å²) in [5.74, 6) is -0.782. The molecule has 94 valence electrons. The van der Waals surface area contributed by atoms with Gasteiger partial charge < -0.3 is 5.11 Å². The summed E-state index contributed by atoms with van der Waals surface area (Å²) in [4.78, 5) is 11.0. The molecule has 0 amide bonds. The van der Waals surface area contributed by atoms with E-state index in [1.165, 1.54) is 0 Å². The van der Waals surface area contributed by atoms with Gasteiger partial charge in [-0.15, -0.1) is 0 Å². The number of nitrogens with one attached hydrogen (secondary N) is 1.